The quantitative estimate of drug-likeness (QED) is 0.115. The van der Waals surface area contributed by atoms with Crippen LogP contribution in [-0.4, -0.2) is 157 Å². The number of aliphatic hydroxyl groups excluding tert-OH is 4. The minimum absolute atomic E-state index is 0.134. The van der Waals surface area contributed by atoms with Gasteiger partial charge in [-0.3, -0.25) is 0 Å². The molecule has 0 saturated carbocycles. The highest BCUT2D eigenvalue weighted by Crippen LogP contribution is 2.65. The molecule has 374 valence electrons. The summed E-state index contributed by atoms with van der Waals surface area (Å²) in [6.07, 6.45) is 5.15. The van der Waals surface area contributed by atoms with Gasteiger partial charge >= 0.3 is 5.97 Å². The van der Waals surface area contributed by atoms with Crippen LogP contribution in [0, 0.1) is 17.8 Å². The predicted octanol–water partition coefficient (Wildman–Crippen LogP) is 5.19. The van der Waals surface area contributed by atoms with Gasteiger partial charge < -0.3 is 68.7 Å². The van der Waals surface area contributed by atoms with Crippen molar-refractivity contribution in [3.63, 3.8) is 0 Å². The van der Waals surface area contributed by atoms with Crippen molar-refractivity contribution < 1.29 is 68.6 Å². The zero-order valence-corrected chi connectivity index (χ0v) is 41.2. The standard InChI is InChI=1S/C50H85NO14/c1-12-34(52)26-36-30(2)20-25-49(62-36)27-37-31(3)38(63-49)28-50-48(65-50,29-45(6,7)64-50)23-17-15-13-14-16-22-46(8,57)44(56)42(61-40-19-18-35(51(10)11)33(5)59-40)41(54)32(4)43(55)47(9,58)24-21-39(53)60-37/h17,21,23-24,30-38,40-44,52,54-58H,12-16,18-20,22,25-29H2,1-11H3. The molecule has 6 N–H and O–H groups in total. The number of hydrogen-bond acceptors (Lipinski definition) is 15. The van der Waals surface area contributed by atoms with Crippen molar-refractivity contribution >= 4 is 5.97 Å². The Morgan fingerprint density at radius 1 is 0.862 bits per heavy atom. The van der Waals surface area contributed by atoms with E-state index in [-0.39, 0.29) is 42.9 Å². The molecular formula is C50H85NO14. The Morgan fingerprint density at radius 2 is 1.58 bits per heavy atom. The molecule has 0 aromatic carbocycles. The molecule has 6 heterocycles. The monoisotopic (exact) mass is 924 g/mol. The van der Waals surface area contributed by atoms with Crippen molar-refractivity contribution in [2.45, 2.75) is 253 Å². The second-order valence-electron chi connectivity index (χ2n) is 22.2. The van der Waals surface area contributed by atoms with E-state index in [0.29, 0.717) is 44.9 Å². The zero-order valence-electron chi connectivity index (χ0n) is 41.2. The molecule has 0 aromatic rings. The maximum Gasteiger partial charge on any atom is 0.330 e. The average molecular weight is 924 g/mol. The summed E-state index contributed by atoms with van der Waals surface area (Å²) in [6.45, 7) is 16.5. The maximum absolute atomic E-state index is 13.8. The van der Waals surface area contributed by atoms with Crippen LogP contribution in [0.25, 0.3) is 0 Å². The molecule has 0 amide bonds. The molecule has 6 aliphatic rings. The van der Waals surface area contributed by atoms with Gasteiger partial charge in [0.15, 0.2) is 12.1 Å². The molecule has 0 aliphatic carbocycles. The van der Waals surface area contributed by atoms with Crippen LogP contribution in [0.3, 0.4) is 0 Å². The molecule has 5 saturated heterocycles. The Bertz CT molecular complexity index is 1650. The van der Waals surface area contributed by atoms with E-state index < -0.39 is 94.9 Å². The first-order chi connectivity index (χ1) is 30.3. The van der Waals surface area contributed by atoms with E-state index in [9.17, 15) is 35.4 Å². The van der Waals surface area contributed by atoms with Gasteiger partial charge in [-0.2, -0.15) is 0 Å². The van der Waals surface area contributed by atoms with Gasteiger partial charge in [0.2, 0.25) is 5.79 Å². The molecule has 0 aromatic heterocycles. The number of ether oxygens (including phenoxy) is 7. The van der Waals surface area contributed by atoms with Gasteiger partial charge in [0, 0.05) is 49.6 Å². The summed E-state index contributed by atoms with van der Waals surface area (Å²) in [7, 11) is 3.96. The lowest BCUT2D eigenvalue weighted by atomic mass is 9.79. The van der Waals surface area contributed by atoms with Crippen LogP contribution in [0.2, 0.25) is 0 Å². The number of likely N-dealkylation sites (N-methyl/N-ethyl adjacent to an activating group) is 1. The highest BCUT2D eigenvalue weighted by molar-refractivity contribution is 5.82. The van der Waals surface area contributed by atoms with Gasteiger partial charge in [-0.1, -0.05) is 52.7 Å². The van der Waals surface area contributed by atoms with Crippen LogP contribution < -0.4 is 0 Å². The third-order valence-electron chi connectivity index (χ3n) is 15.8. The van der Waals surface area contributed by atoms with Gasteiger partial charge in [0.1, 0.15) is 29.5 Å². The lowest BCUT2D eigenvalue weighted by Crippen LogP contribution is -2.58. The first kappa shape index (κ1) is 52.8. The average Bonchev–Trinajstić information content (AvgIpc) is 3.73. The number of aliphatic hydroxyl groups is 6. The summed E-state index contributed by atoms with van der Waals surface area (Å²) in [5.41, 5.74) is -4.91. The third kappa shape index (κ3) is 11.9. The summed E-state index contributed by atoms with van der Waals surface area (Å²) >= 11 is 0. The number of carbonyl (C=O) groups excluding carboxylic acids is 1. The molecule has 15 heteroatoms. The Morgan fingerprint density at radius 3 is 2.26 bits per heavy atom. The second kappa shape index (κ2) is 20.4. The number of nitrogens with zero attached hydrogens (tertiary/aromatic N) is 1. The van der Waals surface area contributed by atoms with E-state index in [0.717, 1.165) is 44.3 Å². The third-order valence-corrected chi connectivity index (χ3v) is 15.8. The molecule has 19 unspecified atom stereocenters. The molecular weight excluding hydrogens is 839 g/mol. The highest BCUT2D eigenvalue weighted by atomic mass is 16.8. The van der Waals surface area contributed by atoms with Crippen LogP contribution in [0.5, 0.6) is 0 Å². The van der Waals surface area contributed by atoms with Gasteiger partial charge in [0.05, 0.1) is 47.8 Å². The molecule has 6 rings (SSSR count). The molecule has 1 spiro atoms. The van der Waals surface area contributed by atoms with Crippen molar-refractivity contribution in [1.82, 2.24) is 4.90 Å². The fourth-order valence-electron chi connectivity index (χ4n) is 11.5. The van der Waals surface area contributed by atoms with Crippen LogP contribution in [0.15, 0.2) is 24.3 Å². The van der Waals surface area contributed by atoms with Gasteiger partial charge in [0.25, 0.3) is 0 Å². The molecule has 2 bridgehead atoms. The topological polar surface area (TPSA) is 210 Å². The van der Waals surface area contributed by atoms with Gasteiger partial charge in [-0.25, -0.2) is 4.79 Å². The molecule has 5 fully saturated rings. The maximum atomic E-state index is 13.8. The number of fused-ring (bicyclic) bond motifs is 2. The summed E-state index contributed by atoms with van der Waals surface area (Å²) < 4.78 is 46.0. The SMILES string of the molecule is CCC(O)CC1OC2(CCC1C)CC1OC(=O)C=CC(C)(O)C(O)C(C)C(O)C(OC3CCC(N(C)C)C(C)O3)C(O)C(C)(O)CCCCCC=CC34CC(C)(C)OC3(CC(O2)C1C)O4. The highest BCUT2D eigenvalue weighted by Gasteiger charge is 2.78. The van der Waals surface area contributed by atoms with E-state index >= 15 is 0 Å². The molecule has 0 radical (unpaired) electrons. The van der Waals surface area contributed by atoms with Crippen molar-refractivity contribution in [3.05, 3.63) is 24.3 Å². The Kier molecular flexibility index (Phi) is 16.6. The minimum atomic E-state index is -2.06. The summed E-state index contributed by atoms with van der Waals surface area (Å²) in [5.74, 6) is -4.10. The van der Waals surface area contributed by atoms with E-state index in [1.165, 1.54) is 20.8 Å². The van der Waals surface area contributed by atoms with Crippen LogP contribution >= 0.6 is 0 Å². The van der Waals surface area contributed by atoms with Gasteiger partial charge in [-0.15, -0.1) is 0 Å². The summed E-state index contributed by atoms with van der Waals surface area (Å²) in [6, 6.07) is 0.134. The van der Waals surface area contributed by atoms with E-state index in [4.69, 9.17) is 33.2 Å². The van der Waals surface area contributed by atoms with E-state index in [2.05, 4.69) is 37.8 Å². The molecule has 6 aliphatic heterocycles. The number of allylic oxidation sites excluding steroid dienone is 1. The number of hydrogen-bond donors (Lipinski definition) is 6. The lowest BCUT2D eigenvalue weighted by molar-refractivity contribution is -0.351. The van der Waals surface area contributed by atoms with Gasteiger partial charge in [-0.05, 0) is 112 Å². The first-order valence-electron chi connectivity index (χ1n) is 24.8. The Labute approximate surface area is 388 Å². The van der Waals surface area contributed by atoms with E-state index in [1.807, 2.05) is 34.9 Å². The molecule has 65 heavy (non-hydrogen) atoms. The number of esters is 1. The van der Waals surface area contributed by atoms with Crippen molar-refractivity contribution in [3.8, 4) is 0 Å². The number of carbonyl (C=O) groups is 1. The van der Waals surface area contributed by atoms with Crippen molar-refractivity contribution in [1.29, 1.82) is 0 Å². The summed E-state index contributed by atoms with van der Waals surface area (Å²) in [4.78, 5) is 15.9. The second-order valence-corrected chi connectivity index (χ2v) is 22.2. The van der Waals surface area contributed by atoms with Crippen LogP contribution in [-0.2, 0) is 38.0 Å². The predicted molar refractivity (Wildman–Crippen MR) is 242 cm³/mol. The largest absolute Gasteiger partial charge is 0.459 e. The van der Waals surface area contributed by atoms with E-state index in [1.54, 1.807) is 0 Å². The fourth-order valence-corrected chi connectivity index (χ4v) is 11.5. The van der Waals surface area contributed by atoms with Crippen LogP contribution in [0.4, 0.5) is 0 Å². The Hall–Kier alpha value is -1.57. The zero-order chi connectivity index (χ0) is 47.9. The van der Waals surface area contributed by atoms with Crippen molar-refractivity contribution in [2.75, 3.05) is 14.1 Å². The number of rotatable bonds is 6. The van der Waals surface area contributed by atoms with Crippen LogP contribution in [0.1, 0.15) is 152 Å². The normalized spacial score (nSPS) is 48.5. The first-order valence-corrected chi connectivity index (χ1v) is 24.8. The minimum Gasteiger partial charge on any atom is -0.459 e. The molecule has 15 nitrogen and oxygen atoms in total. The Balaban J connectivity index is 1.29. The fraction of sp³-hybridized carbons (Fsp3) is 0.900. The lowest BCUT2D eigenvalue weighted by Gasteiger charge is -2.52. The smallest absolute Gasteiger partial charge is 0.330 e. The summed E-state index contributed by atoms with van der Waals surface area (Å²) in [5, 5.41) is 69.7. The molecule has 19 atom stereocenters. The van der Waals surface area contributed by atoms with Crippen molar-refractivity contribution in [2.24, 2.45) is 17.8 Å². The number of epoxide rings is 1.